The first kappa shape index (κ1) is 8.98. The molecule has 0 N–H and O–H groups in total. The number of benzene rings is 1. The molecule has 0 heterocycles. The van der Waals surface area contributed by atoms with Crippen LogP contribution in [0.4, 0.5) is 0 Å². The molecule has 0 aromatic heterocycles. The van der Waals surface area contributed by atoms with Crippen LogP contribution in [0.5, 0.6) is 0 Å². The fraction of sp³-hybridized carbons (Fsp3) is 0.533. The van der Waals surface area contributed by atoms with Crippen LogP contribution >= 0.6 is 0 Å². The van der Waals surface area contributed by atoms with Gasteiger partial charge in [-0.15, -0.1) is 0 Å². The van der Waals surface area contributed by atoms with Crippen molar-refractivity contribution in [1.29, 1.82) is 0 Å². The van der Waals surface area contributed by atoms with E-state index < -0.39 is 0 Å². The molecular weight excluding hydrogens is 196 g/mol. The summed E-state index contributed by atoms with van der Waals surface area (Å²) < 4.78 is 0. The number of hydrogen-bond acceptors (Lipinski definition) is 1. The van der Waals surface area contributed by atoms with Gasteiger partial charge in [0, 0.05) is 12.3 Å². The molecule has 4 aliphatic rings. The van der Waals surface area contributed by atoms with Crippen molar-refractivity contribution >= 4 is 5.78 Å². The zero-order valence-corrected chi connectivity index (χ0v) is 9.30. The van der Waals surface area contributed by atoms with Gasteiger partial charge >= 0.3 is 0 Å². The van der Waals surface area contributed by atoms with E-state index in [1.165, 1.54) is 18.4 Å². The van der Waals surface area contributed by atoms with Gasteiger partial charge in [-0.1, -0.05) is 30.3 Å². The minimum Gasteiger partial charge on any atom is -0.299 e. The molecule has 0 spiro atoms. The highest BCUT2D eigenvalue weighted by molar-refractivity contribution is 5.84. The van der Waals surface area contributed by atoms with Gasteiger partial charge in [-0.05, 0) is 42.1 Å². The Hall–Kier alpha value is -1.11. The molecule has 1 aromatic rings. The van der Waals surface area contributed by atoms with Gasteiger partial charge in [-0.25, -0.2) is 0 Å². The predicted molar refractivity (Wildman–Crippen MR) is 62.0 cm³/mol. The summed E-state index contributed by atoms with van der Waals surface area (Å²) in [6.07, 6.45) is 3.37. The Balaban J connectivity index is 1.69. The van der Waals surface area contributed by atoms with Gasteiger partial charge < -0.3 is 0 Å². The third-order valence-electron chi connectivity index (χ3n) is 5.05. The normalized spacial score (nSPS) is 44.2. The lowest BCUT2D eigenvalue weighted by molar-refractivity contribution is -0.129. The molecule has 2 bridgehead atoms. The maximum absolute atomic E-state index is 11.9. The molecule has 82 valence electrons. The summed E-state index contributed by atoms with van der Waals surface area (Å²) in [5, 5.41) is 0. The van der Waals surface area contributed by atoms with E-state index in [9.17, 15) is 4.79 Å². The SMILES string of the molecule is O=C1CC2CCC1C1C(c3ccccc3)C21. The first-order valence-electron chi connectivity index (χ1n) is 6.44. The van der Waals surface area contributed by atoms with E-state index in [1.807, 2.05) is 0 Å². The molecule has 1 aromatic carbocycles. The summed E-state index contributed by atoms with van der Waals surface area (Å²) in [7, 11) is 0. The maximum Gasteiger partial charge on any atom is 0.136 e. The molecule has 5 rings (SSSR count). The van der Waals surface area contributed by atoms with Gasteiger partial charge in [0.05, 0.1) is 0 Å². The Kier molecular flexibility index (Phi) is 1.66. The molecule has 5 unspecified atom stereocenters. The second kappa shape index (κ2) is 2.97. The highest BCUT2D eigenvalue weighted by atomic mass is 16.1. The fourth-order valence-corrected chi connectivity index (χ4v) is 4.41. The highest BCUT2D eigenvalue weighted by Gasteiger charge is 2.64. The third-order valence-corrected chi connectivity index (χ3v) is 5.05. The van der Waals surface area contributed by atoms with Gasteiger partial charge in [0.1, 0.15) is 5.78 Å². The Bertz CT molecular complexity index is 436. The highest BCUT2D eigenvalue weighted by Crippen LogP contribution is 2.69. The monoisotopic (exact) mass is 212 g/mol. The Labute approximate surface area is 95.9 Å². The second-order valence-corrected chi connectivity index (χ2v) is 5.71. The first-order chi connectivity index (χ1) is 7.86. The van der Waals surface area contributed by atoms with Gasteiger partial charge in [-0.3, -0.25) is 4.79 Å². The third kappa shape index (κ3) is 1.04. The number of rotatable bonds is 1. The van der Waals surface area contributed by atoms with Crippen molar-refractivity contribution in [2.24, 2.45) is 23.7 Å². The van der Waals surface area contributed by atoms with Crippen LogP contribution in [0.1, 0.15) is 30.7 Å². The average molecular weight is 212 g/mol. The summed E-state index contributed by atoms with van der Waals surface area (Å²) in [5.74, 6) is 3.97. The standard InChI is InChI=1S/C15H16O/c16-12-8-10-6-7-11(12)15-13(14(10)15)9-4-2-1-3-5-9/h1-5,10-11,13-15H,6-8H2. The van der Waals surface area contributed by atoms with Crippen molar-refractivity contribution in [3.8, 4) is 0 Å². The van der Waals surface area contributed by atoms with Crippen molar-refractivity contribution in [2.45, 2.75) is 25.2 Å². The largest absolute Gasteiger partial charge is 0.299 e. The lowest BCUT2D eigenvalue weighted by Gasteiger charge is -2.33. The van der Waals surface area contributed by atoms with Gasteiger partial charge in [-0.2, -0.15) is 0 Å². The van der Waals surface area contributed by atoms with Crippen molar-refractivity contribution < 1.29 is 4.79 Å². The van der Waals surface area contributed by atoms with Gasteiger partial charge in [0.25, 0.3) is 0 Å². The van der Waals surface area contributed by atoms with Crippen LogP contribution in [0.15, 0.2) is 30.3 Å². The fourth-order valence-electron chi connectivity index (χ4n) is 4.41. The van der Waals surface area contributed by atoms with Crippen molar-refractivity contribution in [1.82, 2.24) is 0 Å². The average Bonchev–Trinajstić information content (AvgIpc) is 3.07. The van der Waals surface area contributed by atoms with Crippen LogP contribution in [0.2, 0.25) is 0 Å². The quantitative estimate of drug-likeness (QED) is 0.699. The second-order valence-electron chi connectivity index (χ2n) is 5.71. The molecule has 5 atom stereocenters. The number of ketones is 1. The summed E-state index contributed by atoms with van der Waals surface area (Å²) in [5.41, 5.74) is 1.48. The lowest BCUT2D eigenvalue weighted by atomic mass is 9.70. The summed E-state index contributed by atoms with van der Waals surface area (Å²) in [6, 6.07) is 10.8. The van der Waals surface area contributed by atoms with E-state index in [1.54, 1.807) is 0 Å². The van der Waals surface area contributed by atoms with Crippen molar-refractivity contribution in [3.05, 3.63) is 35.9 Å². The molecule has 0 radical (unpaired) electrons. The minimum absolute atomic E-state index is 0.417. The number of carbonyl (C=O) groups excluding carboxylic acids is 1. The van der Waals surface area contributed by atoms with E-state index in [-0.39, 0.29) is 0 Å². The number of Topliss-reactive ketones (excluding diaryl/α,β-unsaturated/α-hetero) is 1. The maximum atomic E-state index is 11.9. The zero-order valence-electron chi connectivity index (χ0n) is 9.30. The van der Waals surface area contributed by atoms with E-state index >= 15 is 0 Å². The van der Waals surface area contributed by atoms with Gasteiger partial charge in [0.15, 0.2) is 0 Å². The molecular formula is C15H16O. The molecule has 1 heteroatoms. The molecule has 0 saturated heterocycles. The Morgan fingerprint density at radius 3 is 2.50 bits per heavy atom. The van der Waals surface area contributed by atoms with Crippen LogP contribution in [0.3, 0.4) is 0 Å². The van der Waals surface area contributed by atoms with Gasteiger partial charge in [0.2, 0.25) is 0 Å². The van der Waals surface area contributed by atoms with E-state index in [2.05, 4.69) is 30.3 Å². The van der Waals surface area contributed by atoms with Crippen LogP contribution in [0, 0.1) is 23.7 Å². The van der Waals surface area contributed by atoms with Crippen LogP contribution in [0.25, 0.3) is 0 Å². The first-order valence-corrected chi connectivity index (χ1v) is 6.44. The van der Waals surface area contributed by atoms with Crippen molar-refractivity contribution in [2.75, 3.05) is 0 Å². The summed E-state index contributed by atoms with van der Waals surface area (Å²) >= 11 is 0. The van der Waals surface area contributed by atoms with Crippen LogP contribution < -0.4 is 0 Å². The molecule has 16 heavy (non-hydrogen) atoms. The van der Waals surface area contributed by atoms with E-state index in [4.69, 9.17) is 0 Å². The molecule has 4 fully saturated rings. The van der Waals surface area contributed by atoms with Crippen LogP contribution in [-0.2, 0) is 4.79 Å². The molecule has 0 aliphatic heterocycles. The Morgan fingerprint density at radius 2 is 1.81 bits per heavy atom. The topological polar surface area (TPSA) is 17.1 Å². The number of carbonyl (C=O) groups is 1. The molecule has 1 nitrogen and oxygen atoms in total. The van der Waals surface area contributed by atoms with E-state index in [0.29, 0.717) is 29.5 Å². The lowest BCUT2D eigenvalue weighted by Crippen LogP contribution is -2.33. The van der Waals surface area contributed by atoms with Crippen LogP contribution in [-0.4, -0.2) is 5.78 Å². The summed E-state index contributed by atoms with van der Waals surface area (Å²) in [4.78, 5) is 11.9. The van der Waals surface area contributed by atoms with Crippen molar-refractivity contribution in [3.63, 3.8) is 0 Å². The zero-order chi connectivity index (χ0) is 10.7. The molecule has 0 amide bonds. The predicted octanol–water partition coefficient (Wildman–Crippen LogP) is 3.02. The smallest absolute Gasteiger partial charge is 0.136 e. The number of hydrogen-bond donors (Lipinski definition) is 0. The van der Waals surface area contributed by atoms with E-state index in [0.717, 1.165) is 12.3 Å². The Morgan fingerprint density at radius 1 is 1.00 bits per heavy atom. The molecule has 4 saturated carbocycles. The summed E-state index contributed by atoms with van der Waals surface area (Å²) in [6.45, 7) is 0. The molecule has 4 aliphatic carbocycles. The minimum atomic E-state index is 0.417. The number of fused-ring (bicyclic) bond motifs is 2.